The second kappa shape index (κ2) is 23.4. The van der Waals surface area contributed by atoms with Crippen molar-refractivity contribution in [3.63, 3.8) is 0 Å². The number of hydrogen-bond donors (Lipinski definition) is 4. The summed E-state index contributed by atoms with van der Waals surface area (Å²) in [4.78, 5) is 53.7. The van der Waals surface area contributed by atoms with Crippen LogP contribution < -0.4 is 15.4 Å². The van der Waals surface area contributed by atoms with Crippen molar-refractivity contribution in [1.29, 1.82) is 0 Å². The Kier molecular flexibility index (Phi) is 17.8. The number of carboxylic acid groups (broad SMARTS) is 1. The van der Waals surface area contributed by atoms with Gasteiger partial charge < -0.3 is 44.9 Å². The van der Waals surface area contributed by atoms with E-state index in [1.165, 1.54) is 17.5 Å². The monoisotopic (exact) mass is 915 g/mol. The number of fused-ring (bicyclic) bond motifs is 1. The highest BCUT2D eigenvalue weighted by Crippen LogP contribution is 2.39. The van der Waals surface area contributed by atoms with Crippen LogP contribution in [0.4, 0.5) is 18.9 Å². The molecule has 18 heteroatoms. The fourth-order valence-electron chi connectivity index (χ4n) is 8.76. The number of aliphatic carboxylic acids is 1. The van der Waals surface area contributed by atoms with Gasteiger partial charge in [0.2, 0.25) is 11.8 Å². The number of phenols is 1. The zero-order chi connectivity index (χ0) is 45.5. The topological polar surface area (TPSA) is 170 Å². The van der Waals surface area contributed by atoms with Crippen LogP contribution in [0.25, 0.3) is 0 Å². The molecule has 1 saturated carbocycles. The Labute approximate surface area is 376 Å². The van der Waals surface area contributed by atoms with Crippen LogP contribution in [0.2, 0.25) is 0 Å². The molecule has 0 unspecified atom stereocenters. The number of likely N-dealkylation sites (tertiary alicyclic amines) is 1. The molecule has 0 radical (unpaired) electrons. The number of halogens is 3. The highest BCUT2D eigenvalue weighted by Gasteiger charge is 2.41. The maximum Gasteiger partial charge on any atom is 0.490 e. The quantitative estimate of drug-likeness (QED) is 0.0955. The highest BCUT2D eigenvalue weighted by atomic mass is 32.1. The smallest absolute Gasteiger partial charge is 0.490 e. The first-order chi connectivity index (χ1) is 30.8. The second-order valence-electron chi connectivity index (χ2n) is 16.8. The van der Waals surface area contributed by atoms with Gasteiger partial charge in [-0.15, -0.1) is 0 Å². The number of phenolic OH excluding ortho intramolecular Hbond substituents is 1. The van der Waals surface area contributed by atoms with E-state index in [1.54, 1.807) is 17.4 Å². The molecule has 3 amide bonds. The predicted molar refractivity (Wildman–Crippen MR) is 234 cm³/mol. The van der Waals surface area contributed by atoms with Gasteiger partial charge in [0.05, 0.1) is 38.3 Å². The number of nitrogens with zero attached hydrogens (tertiary/aromatic N) is 3. The molecule has 4 heterocycles. The lowest BCUT2D eigenvalue weighted by atomic mass is 9.89. The Bertz CT molecular complexity index is 2010. The number of aromatic hydroxyl groups is 1. The van der Waals surface area contributed by atoms with Gasteiger partial charge in [0, 0.05) is 51.9 Å². The molecule has 3 fully saturated rings. The zero-order valence-electron chi connectivity index (χ0n) is 36.2. The normalized spacial score (nSPS) is 17.7. The Hall–Kier alpha value is -4.75. The van der Waals surface area contributed by atoms with Crippen LogP contribution in [0.3, 0.4) is 0 Å². The Balaban J connectivity index is 0.000000898. The van der Waals surface area contributed by atoms with Crippen molar-refractivity contribution in [2.24, 2.45) is 0 Å². The number of amides is 3. The fourth-order valence-corrected chi connectivity index (χ4v) is 9.43. The van der Waals surface area contributed by atoms with Crippen LogP contribution >= 0.6 is 11.3 Å². The third kappa shape index (κ3) is 14.4. The molecule has 0 bridgehead atoms. The summed E-state index contributed by atoms with van der Waals surface area (Å²) in [6.07, 6.45) is 4.73. The summed E-state index contributed by atoms with van der Waals surface area (Å²) in [6.45, 7) is 7.67. The number of carboxylic acids is 1. The number of rotatable bonds is 17. The van der Waals surface area contributed by atoms with Crippen LogP contribution in [-0.4, -0.2) is 139 Å². The Morgan fingerprint density at radius 3 is 2.48 bits per heavy atom. The standard InChI is InChI=1S/C44H59N5O7S.C2HF3O2/c50-38-10-9-36(43-42(38)46-39(51)30-55-43)11-17-45-18-21-49(37-7-2-1-3-8-37)40(52)13-24-54-23-12-33-5-4-6-34(27-33)29-47-19-15-44(16-20-47)32-48(22-25-56-44)41(53)28-35-14-26-57-31-35;3-2(4,5)1(6)7/h4-6,9-10,14,26-27,31,37,45,50H,1-3,7-8,11-13,15-25,28-30,32H2,(H,46,51);(H,6,7). The van der Waals surface area contributed by atoms with E-state index in [-0.39, 0.29) is 41.7 Å². The van der Waals surface area contributed by atoms with Crippen LogP contribution in [0.1, 0.15) is 73.6 Å². The molecule has 4 N–H and O–H groups in total. The SMILES string of the molecule is O=C(O)C(F)(F)F.O=C1COc2c(CCNCCN(C(=O)CCOCCc3cccc(CN4CCC5(CC4)CN(C(=O)Cc4ccsc4)CCO5)c3)C3CCCCC3)ccc(O)c2N1. The van der Waals surface area contributed by atoms with Gasteiger partial charge in [0.1, 0.15) is 11.4 Å². The largest absolute Gasteiger partial charge is 0.506 e. The van der Waals surface area contributed by atoms with Crippen LogP contribution in [-0.2, 0) is 54.5 Å². The van der Waals surface area contributed by atoms with Crippen molar-refractivity contribution in [3.8, 4) is 11.5 Å². The van der Waals surface area contributed by atoms with E-state index in [4.69, 9.17) is 24.1 Å². The molecule has 350 valence electrons. The summed E-state index contributed by atoms with van der Waals surface area (Å²) in [5, 5.41) is 27.5. The molecule has 2 saturated heterocycles. The molecule has 2 aromatic carbocycles. The molecule has 7 rings (SSSR count). The van der Waals surface area contributed by atoms with Crippen LogP contribution in [0.15, 0.2) is 53.2 Å². The summed E-state index contributed by atoms with van der Waals surface area (Å²) in [6, 6.07) is 14.5. The third-order valence-corrected chi connectivity index (χ3v) is 12.9. The van der Waals surface area contributed by atoms with Gasteiger partial charge in [0.15, 0.2) is 12.4 Å². The molecule has 4 aliphatic rings. The van der Waals surface area contributed by atoms with Crippen molar-refractivity contribution >= 4 is 40.7 Å². The minimum Gasteiger partial charge on any atom is -0.506 e. The summed E-state index contributed by atoms with van der Waals surface area (Å²) >= 11 is 1.63. The van der Waals surface area contributed by atoms with Gasteiger partial charge in [-0.2, -0.15) is 24.5 Å². The number of morpholine rings is 1. The van der Waals surface area contributed by atoms with E-state index < -0.39 is 12.1 Å². The average molecular weight is 916 g/mol. The molecule has 14 nitrogen and oxygen atoms in total. The Morgan fingerprint density at radius 2 is 1.75 bits per heavy atom. The van der Waals surface area contributed by atoms with E-state index >= 15 is 0 Å². The van der Waals surface area contributed by atoms with E-state index in [0.29, 0.717) is 83.2 Å². The van der Waals surface area contributed by atoms with Gasteiger partial charge >= 0.3 is 12.1 Å². The maximum absolute atomic E-state index is 13.5. The third-order valence-electron chi connectivity index (χ3n) is 12.2. The highest BCUT2D eigenvalue weighted by molar-refractivity contribution is 7.08. The van der Waals surface area contributed by atoms with Gasteiger partial charge in [-0.25, -0.2) is 4.79 Å². The van der Waals surface area contributed by atoms with Crippen LogP contribution in [0.5, 0.6) is 11.5 Å². The van der Waals surface area contributed by atoms with E-state index in [9.17, 15) is 32.7 Å². The van der Waals surface area contributed by atoms with E-state index in [0.717, 1.165) is 75.7 Å². The number of thiophene rings is 1. The van der Waals surface area contributed by atoms with Crippen molar-refractivity contribution in [1.82, 2.24) is 20.0 Å². The summed E-state index contributed by atoms with van der Waals surface area (Å²) in [7, 11) is 0. The molecule has 1 spiro atoms. The fraction of sp³-hybridized carbons (Fsp3) is 0.565. The van der Waals surface area contributed by atoms with Crippen molar-refractivity contribution in [2.75, 3.05) is 77.6 Å². The Morgan fingerprint density at radius 1 is 0.984 bits per heavy atom. The number of nitrogens with one attached hydrogen (secondary N) is 2. The number of carbonyl (C=O) groups excluding carboxylic acids is 3. The molecule has 3 aliphatic heterocycles. The predicted octanol–water partition coefficient (Wildman–Crippen LogP) is 5.80. The van der Waals surface area contributed by atoms with Gasteiger partial charge in [-0.1, -0.05) is 49.6 Å². The molecule has 3 aromatic rings. The molecule has 1 aliphatic carbocycles. The maximum atomic E-state index is 13.5. The van der Waals surface area contributed by atoms with Crippen molar-refractivity contribution in [2.45, 2.75) is 95.0 Å². The first kappa shape index (κ1) is 48.7. The molecular formula is C46H60F3N5O9S. The van der Waals surface area contributed by atoms with Gasteiger partial charge in [0.25, 0.3) is 5.91 Å². The molecular weight excluding hydrogens is 856 g/mol. The van der Waals surface area contributed by atoms with Gasteiger partial charge in [-0.05, 0) is 90.2 Å². The first-order valence-electron chi connectivity index (χ1n) is 22.2. The first-order valence-corrected chi connectivity index (χ1v) is 23.1. The minimum atomic E-state index is -5.08. The molecule has 0 atom stereocenters. The van der Waals surface area contributed by atoms with E-state index in [2.05, 4.69) is 50.1 Å². The number of benzene rings is 2. The summed E-state index contributed by atoms with van der Waals surface area (Å²) < 4.78 is 49.7. The number of anilines is 1. The number of ether oxygens (including phenoxy) is 3. The summed E-state index contributed by atoms with van der Waals surface area (Å²) in [5.41, 5.74) is 4.63. The molecule has 64 heavy (non-hydrogen) atoms. The lowest BCUT2D eigenvalue weighted by Crippen LogP contribution is -2.58. The zero-order valence-corrected chi connectivity index (χ0v) is 37.0. The van der Waals surface area contributed by atoms with Crippen molar-refractivity contribution < 1.29 is 56.8 Å². The number of alkyl halides is 3. The van der Waals surface area contributed by atoms with Gasteiger partial charge in [-0.3, -0.25) is 19.3 Å². The lowest BCUT2D eigenvalue weighted by molar-refractivity contribution is -0.192. The average Bonchev–Trinajstić information content (AvgIpc) is 3.80. The van der Waals surface area contributed by atoms with Crippen molar-refractivity contribution in [3.05, 3.63) is 75.5 Å². The second-order valence-corrected chi connectivity index (χ2v) is 17.6. The minimum absolute atomic E-state index is 0.00287. The lowest BCUT2D eigenvalue weighted by Gasteiger charge is -2.47. The number of carbonyl (C=O) groups is 4. The summed E-state index contributed by atoms with van der Waals surface area (Å²) in [5.74, 6) is -2.16. The number of piperidine rings is 1. The van der Waals surface area contributed by atoms with E-state index in [1.807, 2.05) is 22.4 Å². The molecule has 1 aromatic heterocycles. The number of hydrogen-bond acceptors (Lipinski definition) is 11. The van der Waals surface area contributed by atoms with Crippen LogP contribution in [0, 0.1) is 0 Å².